The predicted molar refractivity (Wildman–Crippen MR) is 121 cm³/mol. The Hall–Kier alpha value is -2.36. The zero-order valence-electron chi connectivity index (χ0n) is 17.2. The third-order valence-corrected chi connectivity index (χ3v) is 7.39. The standard InChI is InChI=1S/C21H27N3O4S2/c1-27-18-5-3-17(4-6-18)11-12-22-21(29)23-13-15-24(16-14-23)30(25,26)20-9-7-19(28-2)8-10-20/h3-10H,11-16H2,1-2H3,(H,22,29). The van der Waals surface area contributed by atoms with Gasteiger partial charge in [-0.15, -0.1) is 0 Å². The van der Waals surface area contributed by atoms with E-state index in [4.69, 9.17) is 21.7 Å². The third kappa shape index (κ3) is 5.41. The molecule has 0 radical (unpaired) electrons. The minimum atomic E-state index is -3.52. The van der Waals surface area contributed by atoms with Crippen LogP contribution in [0.25, 0.3) is 0 Å². The fourth-order valence-electron chi connectivity index (χ4n) is 3.25. The maximum atomic E-state index is 12.8. The van der Waals surface area contributed by atoms with Gasteiger partial charge in [-0.3, -0.25) is 0 Å². The quantitative estimate of drug-likeness (QED) is 0.650. The summed E-state index contributed by atoms with van der Waals surface area (Å²) >= 11 is 5.50. The molecule has 9 heteroatoms. The average Bonchev–Trinajstić information content (AvgIpc) is 2.79. The smallest absolute Gasteiger partial charge is 0.243 e. The summed E-state index contributed by atoms with van der Waals surface area (Å²) in [6.45, 7) is 2.63. The van der Waals surface area contributed by atoms with Crippen molar-refractivity contribution >= 4 is 27.4 Å². The molecule has 0 saturated carbocycles. The van der Waals surface area contributed by atoms with E-state index in [9.17, 15) is 8.42 Å². The van der Waals surface area contributed by atoms with Crippen molar-refractivity contribution in [2.75, 3.05) is 46.9 Å². The lowest BCUT2D eigenvalue weighted by Gasteiger charge is -2.35. The molecule has 2 aromatic rings. The Balaban J connectivity index is 1.47. The van der Waals surface area contributed by atoms with Crippen LogP contribution in [0, 0.1) is 0 Å². The van der Waals surface area contributed by atoms with Gasteiger partial charge < -0.3 is 19.7 Å². The van der Waals surface area contributed by atoms with Crippen molar-refractivity contribution in [1.29, 1.82) is 0 Å². The maximum absolute atomic E-state index is 12.8. The summed E-state index contributed by atoms with van der Waals surface area (Å²) in [7, 11) is -0.316. The van der Waals surface area contributed by atoms with E-state index in [2.05, 4.69) is 5.32 Å². The molecular weight excluding hydrogens is 422 g/mol. The van der Waals surface area contributed by atoms with Crippen molar-refractivity contribution in [2.45, 2.75) is 11.3 Å². The number of thiocarbonyl (C=S) groups is 1. The molecule has 1 N–H and O–H groups in total. The summed E-state index contributed by atoms with van der Waals surface area (Å²) in [4.78, 5) is 2.29. The largest absolute Gasteiger partial charge is 0.497 e. The van der Waals surface area contributed by atoms with Crippen molar-refractivity contribution in [1.82, 2.24) is 14.5 Å². The van der Waals surface area contributed by atoms with Gasteiger partial charge in [0.2, 0.25) is 10.0 Å². The Morgan fingerprint density at radius 3 is 2.00 bits per heavy atom. The molecule has 30 heavy (non-hydrogen) atoms. The Kier molecular flexibility index (Phi) is 7.52. The van der Waals surface area contributed by atoms with Crippen molar-refractivity contribution < 1.29 is 17.9 Å². The number of hydrogen-bond donors (Lipinski definition) is 1. The van der Waals surface area contributed by atoms with Gasteiger partial charge in [0.05, 0.1) is 19.1 Å². The van der Waals surface area contributed by atoms with Crippen molar-refractivity contribution in [3.63, 3.8) is 0 Å². The van der Waals surface area contributed by atoms with Crippen LogP contribution in [0.3, 0.4) is 0 Å². The van der Waals surface area contributed by atoms with Gasteiger partial charge in [0.25, 0.3) is 0 Å². The molecule has 2 aromatic carbocycles. The Morgan fingerprint density at radius 1 is 0.933 bits per heavy atom. The molecule has 0 aromatic heterocycles. The van der Waals surface area contributed by atoms with E-state index in [0.29, 0.717) is 37.0 Å². The van der Waals surface area contributed by atoms with Crippen LogP contribution < -0.4 is 14.8 Å². The van der Waals surface area contributed by atoms with Gasteiger partial charge in [-0.05, 0) is 60.6 Å². The number of sulfonamides is 1. The number of benzene rings is 2. The van der Waals surface area contributed by atoms with E-state index >= 15 is 0 Å². The van der Waals surface area contributed by atoms with Gasteiger partial charge >= 0.3 is 0 Å². The molecule has 0 bridgehead atoms. The summed E-state index contributed by atoms with van der Waals surface area (Å²) < 4.78 is 37.5. The fraction of sp³-hybridized carbons (Fsp3) is 0.381. The zero-order valence-corrected chi connectivity index (χ0v) is 18.8. The molecule has 3 rings (SSSR count). The Morgan fingerprint density at radius 2 is 1.47 bits per heavy atom. The first-order chi connectivity index (χ1) is 14.4. The van der Waals surface area contributed by atoms with E-state index in [0.717, 1.165) is 18.7 Å². The first-order valence-corrected chi connectivity index (χ1v) is 11.6. The number of piperazine rings is 1. The number of methoxy groups -OCH3 is 2. The van der Waals surface area contributed by atoms with Gasteiger partial charge in [-0.25, -0.2) is 8.42 Å². The minimum Gasteiger partial charge on any atom is -0.497 e. The topological polar surface area (TPSA) is 71.1 Å². The highest BCUT2D eigenvalue weighted by Crippen LogP contribution is 2.20. The summed E-state index contributed by atoms with van der Waals surface area (Å²) in [5.41, 5.74) is 1.20. The molecule has 0 amide bonds. The molecule has 0 unspecified atom stereocenters. The van der Waals surface area contributed by atoms with Crippen LogP contribution in [0.15, 0.2) is 53.4 Å². The highest BCUT2D eigenvalue weighted by molar-refractivity contribution is 7.89. The molecule has 0 spiro atoms. The Bertz CT molecular complexity index is 939. The van der Waals surface area contributed by atoms with Crippen LogP contribution in [0.5, 0.6) is 11.5 Å². The lowest BCUT2D eigenvalue weighted by Crippen LogP contribution is -2.53. The first-order valence-electron chi connectivity index (χ1n) is 9.74. The van der Waals surface area contributed by atoms with E-state index in [1.807, 2.05) is 29.2 Å². The number of nitrogens with zero attached hydrogens (tertiary/aromatic N) is 2. The molecular formula is C21H27N3O4S2. The van der Waals surface area contributed by atoms with Crippen LogP contribution in [-0.4, -0.2) is 69.7 Å². The van der Waals surface area contributed by atoms with Gasteiger partial charge in [-0.2, -0.15) is 4.31 Å². The molecule has 1 aliphatic rings. The number of hydrogen-bond acceptors (Lipinski definition) is 5. The van der Waals surface area contributed by atoms with E-state index in [1.165, 1.54) is 9.87 Å². The summed E-state index contributed by atoms with van der Waals surface area (Å²) in [5, 5.41) is 3.93. The second-order valence-corrected chi connectivity index (χ2v) is 9.22. The van der Waals surface area contributed by atoms with Gasteiger partial charge in [0.15, 0.2) is 5.11 Å². The number of ether oxygens (including phenoxy) is 2. The zero-order chi connectivity index (χ0) is 21.6. The van der Waals surface area contributed by atoms with Gasteiger partial charge in [0.1, 0.15) is 11.5 Å². The lowest BCUT2D eigenvalue weighted by atomic mass is 10.1. The normalized spacial score (nSPS) is 14.9. The van der Waals surface area contributed by atoms with E-state index < -0.39 is 10.0 Å². The summed E-state index contributed by atoms with van der Waals surface area (Å²) in [6, 6.07) is 14.4. The first kappa shape index (κ1) is 22.3. The molecule has 162 valence electrons. The molecule has 1 aliphatic heterocycles. The van der Waals surface area contributed by atoms with Crippen LogP contribution >= 0.6 is 12.2 Å². The molecule has 0 atom stereocenters. The van der Waals surface area contributed by atoms with Crippen molar-refractivity contribution in [3.8, 4) is 11.5 Å². The monoisotopic (exact) mass is 449 g/mol. The molecule has 1 saturated heterocycles. The summed E-state index contributed by atoms with van der Waals surface area (Å²) in [5.74, 6) is 1.47. The second-order valence-electron chi connectivity index (χ2n) is 6.90. The maximum Gasteiger partial charge on any atom is 0.243 e. The minimum absolute atomic E-state index is 0.275. The second kappa shape index (κ2) is 10.1. The van der Waals surface area contributed by atoms with E-state index in [-0.39, 0.29) is 4.90 Å². The van der Waals surface area contributed by atoms with Crippen LogP contribution in [0.2, 0.25) is 0 Å². The van der Waals surface area contributed by atoms with Crippen LogP contribution in [0.4, 0.5) is 0 Å². The average molecular weight is 450 g/mol. The number of rotatable bonds is 7. The number of nitrogens with one attached hydrogen (secondary N) is 1. The van der Waals surface area contributed by atoms with Gasteiger partial charge in [0, 0.05) is 32.7 Å². The van der Waals surface area contributed by atoms with E-state index in [1.54, 1.807) is 38.5 Å². The Labute approximate surface area is 183 Å². The lowest BCUT2D eigenvalue weighted by molar-refractivity contribution is 0.264. The predicted octanol–water partition coefficient (Wildman–Crippen LogP) is 2.13. The van der Waals surface area contributed by atoms with Crippen LogP contribution in [0.1, 0.15) is 5.56 Å². The SMILES string of the molecule is COc1ccc(CCNC(=S)N2CCN(S(=O)(=O)c3ccc(OC)cc3)CC2)cc1. The molecule has 1 heterocycles. The van der Waals surface area contributed by atoms with Crippen molar-refractivity contribution in [3.05, 3.63) is 54.1 Å². The molecule has 7 nitrogen and oxygen atoms in total. The highest BCUT2D eigenvalue weighted by atomic mass is 32.2. The summed E-state index contributed by atoms with van der Waals surface area (Å²) in [6.07, 6.45) is 0.843. The molecule has 1 fully saturated rings. The molecule has 0 aliphatic carbocycles. The van der Waals surface area contributed by atoms with Crippen molar-refractivity contribution in [2.24, 2.45) is 0 Å². The third-order valence-electron chi connectivity index (χ3n) is 5.07. The van der Waals surface area contributed by atoms with Crippen LogP contribution in [-0.2, 0) is 16.4 Å². The van der Waals surface area contributed by atoms with Gasteiger partial charge in [-0.1, -0.05) is 12.1 Å². The fourth-order valence-corrected chi connectivity index (χ4v) is 4.95. The highest BCUT2D eigenvalue weighted by Gasteiger charge is 2.29.